The van der Waals surface area contributed by atoms with Gasteiger partial charge in [0.25, 0.3) is 0 Å². The average Bonchev–Trinajstić information content (AvgIpc) is 2.46. The van der Waals surface area contributed by atoms with Crippen LogP contribution in [0.3, 0.4) is 0 Å². The van der Waals surface area contributed by atoms with Crippen LogP contribution >= 0.6 is 0 Å². The quantitative estimate of drug-likeness (QED) is 0.880. The molecular formula is C17H27NO. The van der Waals surface area contributed by atoms with Gasteiger partial charge in [-0.1, -0.05) is 38.3 Å². The molecule has 2 nitrogen and oxygen atoms in total. The fourth-order valence-electron chi connectivity index (χ4n) is 3.30. The van der Waals surface area contributed by atoms with Crippen molar-refractivity contribution in [2.75, 3.05) is 7.11 Å². The molecule has 0 spiro atoms. The molecule has 1 unspecified atom stereocenters. The molecule has 19 heavy (non-hydrogen) atoms. The normalized spacial score (nSPS) is 25.1. The predicted octanol–water partition coefficient (Wildman–Crippen LogP) is 4.22. The molecule has 1 aliphatic rings. The molecule has 2 N–H and O–H groups in total. The van der Waals surface area contributed by atoms with E-state index in [0.29, 0.717) is 5.92 Å². The van der Waals surface area contributed by atoms with Crippen molar-refractivity contribution < 1.29 is 4.74 Å². The van der Waals surface area contributed by atoms with Crippen molar-refractivity contribution in [3.63, 3.8) is 0 Å². The molecule has 0 amide bonds. The van der Waals surface area contributed by atoms with E-state index in [0.717, 1.165) is 11.7 Å². The Morgan fingerprint density at radius 2 is 1.95 bits per heavy atom. The van der Waals surface area contributed by atoms with Crippen molar-refractivity contribution in [1.29, 1.82) is 0 Å². The van der Waals surface area contributed by atoms with Crippen LogP contribution in [0, 0.1) is 18.8 Å². The standard InChI is InChI=1S/C17H27NO/c1-4-13-6-8-14(9-7-13)17(18)15-10-5-12(2)11-16(15)19-3/h5,10-11,13-14,17H,4,6-9,18H2,1-3H3. The maximum absolute atomic E-state index is 6.50. The SMILES string of the molecule is CCC1CCC(C(N)c2ccc(C)cc2OC)CC1. The number of hydrogen-bond donors (Lipinski definition) is 1. The molecule has 0 heterocycles. The predicted molar refractivity (Wildman–Crippen MR) is 80.4 cm³/mol. The second-order valence-electron chi connectivity index (χ2n) is 5.96. The smallest absolute Gasteiger partial charge is 0.123 e. The summed E-state index contributed by atoms with van der Waals surface area (Å²) < 4.78 is 5.50. The van der Waals surface area contributed by atoms with Crippen LogP contribution in [0.25, 0.3) is 0 Å². The number of methoxy groups -OCH3 is 1. The molecule has 1 aromatic rings. The van der Waals surface area contributed by atoms with E-state index in [-0.39, 0.29) is 6.04 Å². The maximum Gasteiger partial charge on any atom is 0.123 e. The molecule has 1 atom stereocenters. The van der Waals surface area contributed by atoms with Crippen LogP contribution in [0.15, 0.2) is 18.2 Å². The summed E-state index contributed by atoms with van der Waals surface area (Å²) in [6.07, 6.45) is 6.51. The van der Waals surface area contributed by atoms with Gasteiger partial charge in [0.05, 0.1) is 7.11 Å². The van der Waals surface area contributed by atoms with Gasteiger partial charge in [-0.05, 0) is 43.2 Å². The number of nitrogens with two attached hydrogens (primary N) is 1. The number of ether oxygens (including phenoxy) is 1. The average molecular weight is 261 g/mol. The van der Waals surface area contributed by atoms with Gasteiger partial charge in [-0.25, -0.2) is 0 Å². The molecule has 106 valence electrons. The van der Waals surface area contributed by atoms with E-state index in [1.165, 1.54) is 43.2 Å². The van der Waals surface area contributed by atoms with E-state index in [1.54, 1.807) is 7.11 Å². The second kappa shape index (κ2) is 6.42. The first-order chi connectivity index (χ1) is 9.15. The Hall–Kier alpha value is -1.02. The lowest BCUT2D eigenvalue weighted by Crippen LogP contribution is -2.26. The van der Waals surface area contributed by atoms with Gasteiger partial charge in [0, 0.05) is 11.6 Å². The first-order valence-electron chi connectivity index (χ1n) is 7.55. The third-order valence-corrected chi connectivity index (χ3v) is 4.72. The summed E-state index contributed by atoms with van der Waals surface area (Å²) in [5.41, 5.74) is 8.90. The summed E-state index contributed by atoms with van der Waals surface area (Å²) in [5, 5.41) is 0. The van der Waals surface area contributed by atoms with Gasteiger partial charge in [0.2, 0.25) is 0 Å². The number of hydrogen-bond acceptors (Lipinski definition) is 2. The van der Waals surface area contributed by atoms with E-state index in [2.05, 4.69) is 32.0 Å². The number of rotatable bonds is 4. The molecule has 0 saturated heterocycles. The molecule has 2 rings (SSSR count). The zero-order valence-corrected chi connectivity index (χ0v) is 12.5. The fraction of sp³-hybridized carbons (Fsp3) is 0.647. The maximum atomic E-state index is 6.50. The van der Waals surface area contributed by atoms with Gasteiger partial charge in [0.1, 0.15) is 5.75 Å². The van der Waals surface area contributed by atoms with Gasteiger partial charge in [-0.15, -0.1) is 0 Å². The lowest BCUT2D eigenvalue weighted by Gasteiger charge is -2.32. The van der Waals surface area contributed by atoms with Crippen molar-refractivity contribution in [2.24, 2.45) is 17.6 Å². The molecule has 1 saturated carbocycles. The minimum absolute atomic E-state index is 0.119. The minimum Gasteiger partial charge on any atom is -0.496 e. The molecule has 1 aromatic carbocycles. The second-order valence-corrected chi connectivity index (χ2v) is 5.96. The molecule has 0 aromatic heterocycles. The summed E-state index contributed by atoms with van der Waals surface area (Å²) in [4.78, 5) is 0. The Morgan fingerprint density at radius 1 is 1.26 bits per heavy atom. The Morgan fingerprint density at radius 3 is 2.53 bits per heavy atom. The minimum atomic E-state index is 0.119. The summed E-state index contributed by atoms with van der Waals surface area (Å²) in [6, 6.07) is 6.49. The van der Waals surface area contributed by atoms with E-state index in [4.69, 9.17) is 10.5 Å². The number of benzene rings is 1. The van der Waals surface area contributed by atoms with E-state index < -0.39 is 0 Å². The summed E-state index contributed by atoms with van der Waals surface area (Å²) in [7, 11) is 1.74. The molecule has 1 aliphatic carbocycles. The van der Waals surface area contributed by atoms with Gasteiger partial charge in [-0.2, -0.15) is 0 Å². The van der Waals surface area contributed by atoms with Crippen LogP contribution in [-0.2, 0) is 0 Å². The molecule has 0 aliphatic heterocycles. The fourth-order valence-corrected chi connectivity index (χ4v) is 3.30. The zero-order valence-electron chi connectivity index (χ0n) is 12.5. The van der Waals surface area contributed by atoms with Crippen molar-refractivity contribution in [1.82, 2.24) is 0 Å². The highest BCUT2D eigenvalue weighted by atomic mass is 16.5. The molecule has 1 fully saturated rings. The third-order valence-electron chi connectivity index (χ3n) is 4.72. The number of aryl methyl sites for hydroxylation is 1. The van der Waals surface area contributed by atoms with Crippen molar-refractivity contribution in [3.05, 3.63) is 29.3 Å². The highest BCUT2D eigenvalue weighted by Crippen LogP contribution is 2.39. The van der Waals surface area contributed by atoms with Crippen LogP contribution in [0.2, 0.25) is 0 Å². The van der Waals surface area contributed by atoms with Crippen molar-refractivity contribution >= 4 is 0 Å². The largest absolute Gasteiger partial charge is 0.496 e. The van der Waals surface area contributed by atoms with Crippen molar-refractivity contribution in [2.45, 2.75) is 52.0 Å². The summed E-state index contributed by atoms with van der Waals surface area (Å²) in [6.45, 7) is 4.39. The Balaban J connectivity index is 2.09. The monoisotopic (exact) mass is 261 g/mol. The van der Waals surface area contributed by atoms with Crippen LogP contribution < -0.4 is 10.5 Å². The van der Waals surface area contributed by atoms with Gasteiger partial charge in [-0.3, -0.25) is 0 Å². The third kappa shape index (κ3) is 3.30. The van der Waals surface area contributed by atoms with Gasteiger partial charge in [0.15, 0.2) is 0 Å². The Bertz CT molecular complexity index is 408. The van der Waals surface area contributed by atoms with E-state index in [1.807, 2.05) is 0 Å². The highest BCUT2D eigenvalue weighted by molar-refractivity contribution is 5.39. The van der Waals surface area contributed by atoms with Crippen molar-refractivity contribution in [3.8, 4) is 5.75 Å². The first-order valence-corrected chi connectivity index (χ1v) is 7.55. The highest BCUT2D eigenvalue weighted by Gasteiger charge is 2.27. The van der Waals surface area contributed by atoms with Crippen LogP contribution in [-0.4, -0.2) is 7.11 Å². The topological polar surface area (TPSA) is 35.2 Å². The Kier molecular flexibility index (Phi) is 4.87. The first kappa shape index (κ1) is 14.4. The molecule has 0 radical (unpaired) electrons. The van der Waals surface area contributed by atoms with Crippen LogP contribution in [0.1, 0.15) is 56.2 Å². The van der Waals surface area contributed by atoms with Gasteiger partial charge < -0.3 is 10.5 Å². The lowest BCUT2D eigenvalue weighted by molar-refractivity contribution is 0.237. The summed E-state index contributed by atoms with van der Waals surface area (Å²) in [5.74, 6) is 2.48. The molecule has 0 bridgehead atoms. The van der Waals surface area contributed by atoms with Crippen LogP contribution in [0.5, 0.6) is 5.75 Å². The van der Waals surface area contributed by atoms with E-state index >= 15 is 0 Å². The Labute approximate surface area is 117 Å². The van der Waals surface area contributed by atoms with Crippen LogP contribution in [0.4, 0.5) is 0 Å². The molecular weight excluding hydrogens is 234 g/mol. The summed E-state index contributed by atoms with van der Waals surface area (Å²) >= 11 is 0. The molecule has 2 heteroatoms. The van der Waals surface area contributed by atoms with E-state index in [9.17, 15) is 0 Å². The zero-order chi connectivity index (χ0) is 13.8. The lowest BCUT2D eigenvalue weighted by atomic mass is 9.76. The van der Waals surface area contributed by atoms with Gasteiger partial charge >= 0.3 is 0 Å².